The first-order valence-electron chi connectivity index (χ1n) is 5.55. The molecule has 0 aliphatic heterocycles. The molecule has 0 spiro atoms. The van der Waals surface area contributed by atoms with Crippen molar-refractivity contribution in [1.29, 1.82) is 0 Å². The first kappa shape index (κ1) is 13.7. The topological polar surface area (TPSA) is 85.1 Å². The van der Waals surface area contributed by atoms with Crippen molar-refractivity contribution < 1.29 is 8.42 Å². The summed E-state index contributed by atoms with van der Waals surface area (Å²) in [5, 5.41) is 0.691. The van der Waals surface area contributed by atoms with Gasteiger partial charge >= 0.3 is 0 Å². The monoisotopic (exact) mass is 295 g/mol. The van der Waals surface area contributed by atoms with E-state index in [2.05, 4.69) is 9.71 Å². The average Bonchev–Trinajstić information content (AvgIpc) is 2.38. The molecule has 5 nitrogen and oxygen atoms in total. The van der Waals surface area contributed by atoms with Gasteiger partial charge < -0.3 is 5.73 Å². The molecule has 0 fully saturated rings. The van der Waals surface area contributed by atoms with Gasteiger partial charge in [-0.1, -0.05) is 24.4 Å². The minimum absolute atomic E-state index is 0.0640. The third-order valence-corrected chi connectivity index (χ3v) is 4.99. The fraction of sp³-hybridized carbons (Fsp3) is 0.167. The molecule has 0 radical (unpaired) electrons. The van der Waals surface area contributed by atoms with E-state index in [-0.39, 0.29) is 4.99 Å². The molecule has 0 bridgehead atoms. The van der Waals surface area contributed by atoms with Crippen LogP contribution in [-0.4, -0.2) is 23.6 Å². The molecule has 1 heterocycles. The minimum atomic E-state index is -3.65. The highest BCUT2D eigenvalue weighted by Crippen LogP contribution is 2.23. The van der Waals surface area contributed by atoms with Crippen LogP contribution < -0.4 is 10.5 Å². The van der Waals surface area contributed by atoms with Gasteiger partial charge in [-0.25, -0.2) is 8.42 Å². The largest absolute Gasteiger partial charge is 0.392 e. The number of fused-ring (bicyclic) bond motifs is 1. The maximum Gasteiger partial charge on any atom is 0.241 e. The lowest BCUT2D eigenvalue weighted by atomic mass is 10.1. The van der Waals surface area contributed by atoms with Crippen LogP contribution in [0.1, 0.15) is 6.92 Å². The molecule has 1 aromatic carbocycles. The van der Waals surface area contributed by atoms with Crippen LogP contribution in [0.15, 0.2) is 36.7 Å². The molecule has 2 rings (SSSR count). The number of nitrogens with two attached hydrogens (primary N) is 1. The van der Waals surface area contributed by atoms with Gasteiger partial charge in [0.25, 0.3) is 0 Å². The zero-order chi connectivity index (χ0) is 14.0. The van der Waals surface area contributed by atoms with Crippen LogP contribution in [0.25, 0.3) is 10.8 Å². The number of rotatable bonds is 4. The Labute approximate surface area is 116 Å². The van der Waals surface area contributed by atoms with Crippen molar-refractivity contribution in [3.05, 3.63) is 36.7 Å². The van der Waals surface area contributed by atoms with Gasteiger partial charge in [-0.3, -0.25) is 9.71 Å². The maximum atomic E-state index is 12.1. The Morgan fingerprint density at radius 2 is 2.16 bits per heavy atom. The van der Waals surface area contributed by atoms with E-state index in [1.54, 1.807) is 24.5 Å². The van der Waals surface area contributed by atoms with Crippen LogP contribution in [0, 0.1) is 0 Å². The van der Waals surface area contributed by atoms with Gasteiger partial charge in [0.2, 0.25) is 10.0 Å². The second-order valence-electron chi connectivity index (χ2n) is 4.09. The Balaban J connectivity index is 2.45. The van der Waals surface area contributed by atoms with Crippen molar-refractivity contribution in [1.82, 2.24) is 4.98 Å². The highest BCUT2D eigenvalue weighted by atomic mass is 32.2. The second kappa shape index (κ2) is 5.10. The summed E-state index contributed by atoms with van der Waals surface area (Å²) in [6, 6.07) is 7.13. The molecule has 1 aromatic heterocycles. The normalized spacial score (nSPS) is 13.1. The molecular formula is C12H13N3O2S2. The van der Waals surface area contributed by atoms with E-state index in [4.69, 9.17) is 18.0 Å². The summed E-state index contributed by atoms with van der Waals surface area (Å²) in [6.45, 7) is 1.45. The van der Waals surface area contributed by atoms with Crippen molar-refractivity contribution >= 4 is 43.7 Å². The number of benzene rings is 1. The zero-order valence-corrected chi connectivity index (χ0v) is 11.8. The van der Waals surface area contributed by atoms with Gasteiger partial charge in [0, 0.05) is 17.8 Å². The first-order valence-corrected chi connectivity index (χ1v) is 7.51. The van der Waals surface area contributed by atoms with E-state index in [0.29, 0.717) is 5.69 Å². The summed E-state index contributed by atoms with van der Waals surface area (Å²) < 4.78 is 26.7. The second-order valence-corrected chi connectivity index (χ2v) is 6.57. The van der Waals surface area contributed by atoms with Gasteiger partial charge in [0.05, 0.1) is 10.7 Å². The highest BCUT2D eigenvalue weighted by Gasteiger charge is 2.23. The van der Waals surface area contributed by atoms with Crippen molar-refractivity contribution in [3.63, 3.8) is 0 Å². The van der Waals surface area contributed by atoms with Crippen LogP contribution >= 0.6 is 12.2 Å². The molecule has 0 saturated heterocycles. The summed E-state index contributed by atoms with van der Waals surface area (Å²) in [7, 11) is -3.65. The Hall–Kier alpha value is -1.73. The molecule has 1 atom stereocenters. The number of sulfonamides is 1. The predicted octanol–water partition coefficient (Wildman–Crippen LogP) is 1.65. The Kier molecular flexibility index (Phi) is 3.68. The lowest BCUT2D eigenvalue weighted by Gasteiger charge is -2.14. The van der Waals surface area contributed by atoms with Gasteiger partial charge in [-0.2, -0.15) is 0 Å². The lowest BCUT2D eigenvalue weighted by molar-refractivity contribution is 0.598. The van der Waals surface area contributed by atoms with Crippen LogP contribution in [0.5, 0.6) is 0 Å². The third kappa shape index (κ3) is 2.82. The van der Waals surface area contributed by atoms with Gasteiger partial charge in [0.1, 0.15) is 5.25 Å². The number of nitrogens with one attached hydrogen (secondary N) is 1. The average molecular weight is 295 g/mol. The fourth-order valence-electron chi connectivity index (χ4n) is 1.60. The van der Waals surface area contributed by atoms with E-state index in [0.717, 1.165) is 10.8 Å². The highest BCUT2D eigenvalue weighted by molar-refractivity contribution is 7.95. The van der Waals surface area contributed by atoms with E-state index in [1.807, 2.05) is 12.1 Å². The van der Waals surface area contributed by atoms with Crippen LogP contribution in [0.4, 0.5) is 5.69 Å². The Bertz CT molecular complexity index is 723. The summed E-state index contributed by atoms with van der Waals surface area (Å²) in [6.07, 6.45) is 3.26. The van der Waals surface area contributed by atoms with Crippen molar-refractivity contribution in [3.8, 4) is 0 Å². The van der Waals surface area contributed by atoms with Gasteiger partial charge in [0.15, 0.2) is 0 Å². The molecule has 7 heteroatoms. The van der Waals surface area contributed by atoms with E-state index >= 15 is 0 Å². The van der Waals surface area contributed by atoms with E-state index in [9.17, 15) is 8.42 Å². The van der Waals surface area contributed by atoms with Gasteiger partial charge in [-0.05, 0) is 24.4 Å². The van der Waals surface area contributed by atoms with E-state index in [1.165, 1.54) is 6.92 Å². The van der Waals surface area contributed by atoms with Crippen LogP contribution in [-0.2, 0) is 10.0 Å². The van der Waals surface area contributed by atoms with Gasteiger partial charge in [-0.15, -0.1) is 0 Å². The van der Waals surface area contributed by atoms with Crippen molar-refractivity contribution in [2.24, 2.45) is 5.73 Å². The standard InChI is InChI=1S/C12H13N3O2S2/c1-8(12(13)18)19(16,17)15-11-4-2-3-9-5-6-14-7-10(9)11/h2-8,15H,1H3,(H2,13,18). The molecule has 19 heavy (non-hydrogen) atoms. The molecular weight excluding hydrogens is 282 g/mol. The number of aromatic nitrogens is 1. The van der Waals surface area contributed by atoms with E-state index < -0.39 is 15.3 Å². The Morgan fingerprint density at radius 1 is 1.42 bits per heavy atom. The quantitative estimate of drug-likeness (QED) is 0.838. The molecule has 2 aromatic rings. The molecule has 100 valence electrons. The number of anilines is 1. The number of thiocarbonyl (C=S) groups is 1. The Morgan fingerprint density at radius 3 is 2.84 bits per heavy atom. The van der Waals surface area contributed by atoms with Crippen LogP contribution in [0.2, 0.25) is 0 Å². The molecule has 0 saturated carbocycles. The summed E-state index contributed by atoms with van der Waals surface area (Å²) >= 11 is 4.72. The number of nitrogens with zero attached hydrogens (tertiary/aromatic N) is 1. The molecule has 0 aliphatic carbocycles. The SMILES string of the molecule is CC(C(N)=S)S(=O)(=O)Nc1cccc2ccncc12. The summed E-state index contributed by atoms with van der Waals surface area (Å²) in [5.41, 5.74) is 5.85. The first-order chi connectivity index (χ1) is 8.92. The number of hydrogen-bond donors (Lipinski definition) is 2. The lowest BCUT2D eigenvalue weighted by Crippen LogP contribution is -2.35. The number of pyridine rings is 1. The van der Waals surface area contributed by atoms with Crippen molar-refractivity contribution in [2.75, 3.05) is 4.72 Å². The molecule has 0 amide bonds. The van der Waals surface area contributed by atoms with Crippen molar-refractivity contribution in [2.45, 2.75) is 12.2 Å². The van der Waals surface area contributed by atoms with Crippen LogP contribution in [0.3, 0.4) is 0 Å². The fourth-order valence-corrected chi connectivity index (χ4v) is 2.94. The molecule has 0 aliphatic rings. The number of hydrogen-bond acceptors (Lipinski definition) is 4. The summed E-state index contributed by atoms with van der Waals surface area (Å²) in [5.74, 6) is 0. The third-order valence-electron chi connectivity index (χ3n) is 2.80. The zero-order valence-electron chi connectivity index (χ0n) is 10.2. The minimum Gasteiger partial charge on any atom is -0.392 e. The smallest absolute Gasteiger partial charge is 0.241 e. The molecule has 3 N–H and O–H groups in total. The maximum absolute atomic E-state index is 12.1. The summed E-state index contributed by atoms with van der Waals surface area (Å²) in [4.78, 5) is 3.93. The predicted molar refractivity (Wildman–Crippen MR) is 80.5 cm³/mol. The molecule has 1 unspecified atom stereocenters.